The molecule has 136 valence electrons. The van der Waals surface area contributed by atoms with Gasteiger partial charge in [-0.3, -0.25) is 9.48 Å². The molecule has 0 spiro atoms. The van der Waals surface area contributed by atoms with Crippen LogP contribution in [0.5, 0.6) is 5.75 Å². The largest absolute Gasteiger partial charge is 0.497 e. The van der Waals surface area contributed by atoms with Crippen LogP contribution in [-0.4, -0.2) is 34.6 Å². The van der Waals surface area contributed by atoms with Gasteiger partial charge in [0.15, 0.2) is 5.69 Å². The highest BCUT2D eigenvalue weighted by molar-refractivity contribution is 7.09. The average Bonchev–Trinajstić information content (AvgIpc) is 3.36. The van der Waals surface area contributed by atoms with Crippen LogP contribution < -0.4 is 15.4 Å². The van der Waals surface area contributed by atoms with E-state index in [0.29, 0.717) is 18.8 Å². The quantitative estimate of drug-likeness (QED) is 0.563. The second-order valence-corrected chi connectivity index (χ2v) is 6.69. The van der Waals surface area contributed by atoms with E-state index in [-0.39, 0.29) is 5.91 Å². The lowest BCUT2D eigenvalue weighted by Crippen LogP contribution is -2.22. The van der Waals surface area contributed by atoms with Crippen molar-refractivity contribution in [3.05, 3.63) is 64.1 Å². The first kappa shape index (κ1) is 18.1. The summed E-state index contributed by atoms with van der Waals surface area (Å²) in [6, 6.07) is 11.9. The molecule has 0 bridgehead atoms. The van der Waals surface area contributed by atoms with Gasteiger partial charge in [-0.2, -0.15) is 0 Å². The van der Waals surface area contributed by atoms with Gasteiger partial charge in [0.2, 0.25) is 0 Å². The standard InChI is InChI=1S/C18H21N5O2S/c1-25-15-6-4-14(5-7-15)11-19-8-9-23-13-17(21-22-23)18(24)20-12-16-3-2-10-26-16/h2-7,10,13,19H,8-9,11-12H2,1H3,(H,20,24). The van der Waals surface area contributed by atoms with Crippen molar-refractivity contribution >= 4 is 17.2 Å². The molecule has 3 aromatic rings. The van der Waals surface area contributed by atoms with Gasteiger partial charge >= 0.3 is 0 Å². The fourth-order valence-electron chi connectivity index (χ4n) is 2.35. The average molecular weight is 371 g/mol. The Bertz CT molecular complexity index is 814. The lowest BCUT2D eigenvalue weighted by Gasteiger charge is -2.06. The first-order chi connectivity index (χ1) is 12.7. The van der Waals surface area contributed by atoms with Gasteiger partial charge in [0, 0.05) is 18.0 Å². The summed E-state index contributed by atoms with van der Waals surface area (Å²) in [6.45, 7) is 2.63. The van der Waals surface area contributed by atoms with E-state index in [1.165, 1.54) is 5.56 Å². The van der Waals surface area contributed by atoms with Crippen LogP contribution in [0.2, 0.25) is 0 Å². The van der Waals surface area contributed by atoms with E-state index in [2.05, 4.69) is 20.9 Å². The van der Waals surface area contributed by atoms with Gasteiger partial charge in [-0.05, 0) is 29.1 Å². The van der Waals surface area contributed by atoms with Crippen LogP contribution in [0.25, 0.3) is 0 Å². The molecule has 0 aliphatic rings. The summed E-state index contributed by atoms with van der Waals surface area (Å²) in [6.07, 6.45) is 1.67. The minimum absolute atomic E-state index is 0.212. The van der Waals surface area contributed by atoms with Gasteiger partial charge in [0.05, 0.1) is 26.4 Å². The molecule has 1 aromatic carbocycles. The second kappa shape index (κ2) is 9.12. The molecule has 2 heterocycles. The van der Waals surface area contributed by atoms with Gasteiger partial charge in [-0.15, -0.1) is 16.4 Å². The molecule has 0 aliphatic carbocycles. The molecule has 2 N–H and O–H groups in total. The maximum Gasteiger partial charge on any atom is 0.273 e. The Labute approximate surface area is 156 Å². The lowest BCUT2D eigenvalue weighted by atomic mass is 10.2. The molecular formula is C18H21N5O2S. The first-order valence-corrected chi connectivity index (χ1v) is 9.17. The summed E-state index contributed by atoms with van der Waals surface area (Å²) >= 11 is 1.61. The van der Waals surface area contributed by atoms with Crippen LogP contribution in [0, 0.1) is 0 Å². The number of ether oxygens (including phenoxy) is 1. The molecule has 26 heavy (non-hydrogen) atoms. The number of benzene rings is 1. The number of nitrogens with zero attached hydrogens (tertiary/aromatic N) is 3. The highest BCUT2D eigenvalue weighted by Crippen LogP contribution is 2.11. The molecular weight excluding hydrogens is 350 g/mol. The van der Waals surface area contributed by atoms with Gasteiger partial charge in [0.25, 0.3) is 5.91 Å². The molecule has 0 aliphatic heterocycles. The summed E-state index contributed by atoms with van der Waals surface area (Å²) in [4.78, 5) is 13.2. The molecule has 1 amide bonds. The topological polar surface area (TPSA) is 81.1 Å². The number of thiophene rings is 1. The van der Waals surface area contributed by atoms with Gasteiger partial charge in [-0.25, -0.2) is 0 Å². The normalized spacial score (nSPS) is 10.7. The van der Waals surface area contributed by atoms with Crippen molar-refractivity contribution in [3.63, 3.8) is 0 Å². The number of aromatic nitrogens is 3. The Morgan fingerprint density at radius 1 is 1.23 bits per heavy atom. The number of amides is 1. The Morgan fingerprint density at radius 2 is 2.08 bits per heavy atom. The van der Waals surface area contributed by atoms with E-state index in [0.717, 1.165) is 23.7 Å². The van der Waals surface area contributed by atoms with Crippen LogP contribution in [0.15, 0.2) is 48.0 Å². The summed E-state index contributed by atoms with van der Waals surface area (Å²) in [5, 5.41) is 16.1. The minimum Gasteiger partial charge on any atom is -0.497 e. The third-order valence-corrected chi connectivity index (χ3v) is 4.66. The second-order valence-electron chi connectivity index (χ2n) is 5.65. The van der Waals surface area contributed by atoms with Crippen LogP contribution in [0.1, 0.15) is 20.9 Å². The summed E-state index contributed by atoms with van der Waals surface area (Å²) < 4.78 is 6.81. The molecule has 0 unspecified atom stereocenters. The molecule has 8 heteroatoms. The van der Waals surface area contributed by atoms with E-state index in [9.17, 15) is 4.79 Å². The number of carbonyl (C=O) groups excluding carboxylic acids is 1. The number of rotatable bonds is 9. The number of methoxy groups -OCH3 is 1. The molecule has 2 aromatic heterocycles. The monoisotopic (exact) mass is 371 g/mol. The van der Waals surface area contributed by atoms with Gasteiger partial charge in [-0.1, -0.05) is 23.4 Å². The molecule has 7 nitrogen and oxygen atoms in total. The molecule has 0 saturated carbocycles. The Kier molecular flexibility index (Phi) is 6.34. The van der Waals surface area contributed by atoms with E-state index < -0.39 is 0 Å². The molecule has 0 atom stereocenters. The number of carbonyl (C=O) groups is 1. The van der Waals surface area contributed by atoms with Gasteiger partial charge in [0.1, 0.15) is 5.75 Å². The molecule has 3 rings (SSSR count). The zero-order valence-corrected chi connectivity index (χ0v) is 15.3. The minimum atomic E-state index is -0.212. The van der Waals surface area contributed by atoms with Crippen molar-refractivity contribution in [2.24, 2.45) is 0 Å². The molecule has 0 radical (unpaired) electrons. The fraction of sp³-hybridized carbons (Fsp3) is 0.278. The van der Waals surface area contributed by atoms with Crippen molar-refractivity contribution < 1.29 is 9.53 Å². The highest BCUT2D eigenvalue weighted by Gasteiger charge is 2.10. The highest BCUT2D eigenvalue weighted by atomic mass is 32.1. The SMILES string of the molecule is COc1ccc(CNCCn2cc(C(=O)NCc3cccs3)nn2)cc1. The predicted octanol–water partition coefficient (Wildman–Crippen LogP) is 2.07. The van der Waals surface area contributed by atoms with Crippen LogP contribution in [-0.2, 0) is 19.6 Å². The fourth-order valence-corrected chi connectivity index (χ4v) is 3.00. The summed E-state index contributed by atoms with van der Waals surface area (Å²) in [7, 11) is 1.65. The number of hydrogen-bond donors (Lipinski definition) is 2. The van der Waals surface area contributed by atoms with Gasteiger partial charge < -0.3 is 15.4 Å². The van der Waals surface area contributed by atoms with Crippen LogP contribution >= 0.6 is 11.3 Å². The first-order valence-electron chi connectivity index (χ1n) is 8.29. The van der Waals surface area contributed by atoms with Crippen molar-refractivity contribution in [2.75, 3.05) is 13.7 Å². The third kappa shape index (κ3) is 5.14. The molecule has 0 saturated heterocycles. The van der Waals surface area contributed by atoms with Crippen molar-refractivity contribution in [1.82, 2.24) is 25.6 Å². The zero-order valence-electron chi connectivity index (χ0n) is 14.5. The van der Waals surface area contributed by atoms with Crippen molar-refractivity contribution in [3.8, 4) is 5.75 Å². The smallest absolute Gasteiger partial charge is 0.273 e. The Balaban J connectivity index is 1.39. The van der Waals surface area contributed by atoms with E-state index in [1.54, 1.807) is 29.3 Å². The predicted molar refractivity (Wildman–Crippen MR) is 100 cm³/mol. The van der Waals surface area contributed by atoms with Crippen LogP contribution in [0.4, 0.5) is 0 Å². The Morgan fingerprint density at radius 3 is 2.81 bits per heavy atom. The van der Waals surface area contributed by atoms with Crippen LogP contribution in [0.3, 0.4) is 0 Å². The maximum absolute atomic E-state index is 12.1. The number of nitrogens with one attached hydrogen (secondary N) is 2. The van der Waals surface area contributed by atoms with E-state index >= 15 is 0 Å². The lowest BCUT2D eigenvalue weighted by molar-refractivity contribution is 0.0946. The summed E-state index contributed by atoms with van der Waals surface area (Å²) in [5.41, 5.74) is 1.51. The number of hydrogen-bond acceptors (Lipinski definition) is 6. The maximum atomic E-state index is 12.1. The molecule has 0 fully saturated rings. The van der Waals surface area contributed by atoms with Crippen molar-refractivity contribution in [2.45, 2.75) is 19.6 Å². The van der Waals surface area contributed by atoms with Crippen molar-refractivity contribution in [1.29, 1.82) is 0 Å². The Hall–Kier alpha value is -2.71. The van der Waals surface area contributed by atoms with E-state index in [1.807, 2.05) is 41.8 Å². The summed E-state index contributed by atoms with van der Waals surface area (Å²) in [5.74, 6) is 0.636. The van der Waals surface area contributed by atoms with E-state index in [4.69, 9.17) is 4.74 Å². The third-order valence-electron chi connectivity index (χ3n) is 3.78. The zero-order chi connectivity index (χ0) is 18.2.